The molecular formula is C30H39F4N3OSi. The molecule has 0 radical (unpaired) electrons. The second-order valence-corrected chi connectivity index (χ2v) is 16.3. The fraction of sp³-hybridized carbons (Fsp3) is 0.567. The highest BCUT2D eigenvalue weighted by Gasteiger charge is 2.64. The standard InChI is InChI=1S/C30H39F4N3OSi/c1-4-39(5-2,6-3)38-29(30(32,33)34)15-14-28(20-35)23(18-29)9-7-8-21-17-27-22(16-26(21)28)19-36-37(27)25-12-10-24(31)11-13-25/h10-13,16-17,19,23H,4-9,14-15,18,20,35H2,1-3H3/t23-,28+,29-/m0/s1. The molecule has 1 aromatic heterocycles. The van der Waals surface area contributed by atoms with Crippen LogP contribution >= 0.6 is 0 Å². The molecule has 2 N–H and O–H groups in total. The van der Waals surface area contributed by atoms with Crippen LogP contribution < -0.4 is 5.73 Å². The molecule has 0 amide bonds. The van der Waals surface area contributed by atoms with Crippen molar-refractivity contribution in [3.8, 4) is 5.69 Å². The first-order valence-electron chi connectivity index (χ1n) is 14.3. The van der Waals surface area contributed by atoms with Crippen LogP contribution in [0, 0.1) is 11.7 Å². The van der Waals surface area contributed by atoms with Gasteiger partial charge < -0.3 is 10.2 Å². The lowest BCUT2D eigenvalue weighted by Gasteiger charge is -2.54. The molecule has 2 aliphatic rings. The van der Waals surface area contributed by atoms with Crippen LogP contribution in [-0.2, 0) is 16.3 Å². The van der Waals surface area contributed by atoms with Gasteiger partial charge in [0, 0.05) is 17.3 Å². The molecule has 0 bridgehead atoms. The Morgan fingerprint density at radius 2 is 1.77 bits per heavy atom. The van der Waals surface area contributed by atoms with E-state index in [1.165, 1.54) is 12.1 Å². The molecule has 39 heavy (non-hydrogen) atoms. The van der Waals surface area contributed by atoms with Gasteiger partial charge in [-0.05, 0) is 110 Å². The number of halogens is 4. The summed E-state index contributed by atoms with van der Waals surface area (Å²) in [4.78, 5) is 0. The maximum absolute atomic E-state index is 14.9. The van der Waals surface area contributed by atoms with Gasteiger partial charge in [0.1, 0.15) is 5.82 Å². The quantitative estimate of drug-likeness (QED) is 0.236. The highest BCUT2D eigenvalue weighted by Crippen LogP contribution is 2.57. The van der Waals surface area contributed by atoms with Crippen LogP contribution in [0.5, 0.6) is 0 Å². The molecule has 0 spiro atoms. The fourth-order valence-corrected chi connectivity index (χ4v) is 10.4. The van der Waals surface area contributed by atoms with Crippen molar-refractivity contribution in [1.82, 2.24) is 9.78 Å². The van der Waals surface area contributed by atoms with Crippen molar-refractivity contribution in [2.75, 3.05) is 6.54 Å². The van der Waals surface area contributed by atoms with E-state index in [1.807, 2.05) is 20.8 Å². The average molecular weight is 562 g/mol. The molecule has 0 unspecified atom stereocenters. The SMILES string of the molecule is CC[Si](CC)(CC)O[C@@]1(C(F)(F)F)CC[C@]2(CN)c3cc4cnn(-c5ccc(F)cc5)c4cc3CCC[C@H]2C1. The predicted octanol–water partition coefficient (Wildman–Crippen LogP) is 7.82. The normalized spacial score (nSPS) is 25.8. The first-order valence-corrected chi connectivity index (χ1v) is 16.8. The smallest absolute Gasteiger partial charge is 0.403 e. The molecule has 3 aromatic rings. The number of nitrogens with zero attached hydrogens (tertiary/aromatic N) is 2. The van der Waals surface area contributed by atoms with E-state index in [1.54, 1.807) is 23.0 Å². The van der Waals surface area contributed by atoms with Gasteiger partial charge >= 0.3 is 6.18 Å². The molecule has 1 heterocycles. The lowest BCUT2D eigenvalue weighted by Crippen LogP contribution is -2.62. The maximum Gasteiger partial charge on any atom is 0.416 e. The summed E-state index contributed by atoms with van der Waals surface area (Å²) in [6.07, 6.45) is -0.150. The summed E-state index contributed by atoms with van der Waals surface area (Å²) in [5.74, 6) is -0.533. The van der Waals surface area contributed by atoms with Crippen LogP contribution in [0.3, 0.4) is 0 Å². The number of aromatic nitrogens is 2. The second-order valence-electron chi connectivity index (χ2n) is 11.6. The van der Waals surface area contributed by atoms with Gasteiger partial charge in [0.15, 0.2) is 13.9 Å². The Kier molecular flexibility index (Phi) is 7.48. The summed E-state index contributed by atoms with van der Waals surface area (Å²) in [5.41, 5.74) is 7.73. The van der Waals surface area contributed by atoms with Gasteiger partial charge in [0.25, 0.3) is 0 Å². The zero-order valence-electron chi connectivity index (χ0n) is 23.1. The van der Waals surface area contributed by atoms with E-state index in [-0.39, 0.29) is 24.6 Å². The molecule has 3 atom stereocenters. The van der Waals surface area contributed by atoms with Crippen LogP contribution in [-0.4, -0.2) is 36.4 Å². The molecule has 2 aliphatic carbocycles. The Labute approximate surface area is 229 Å². The van der Waals surface area contributed by atoms with Crippen LogP contribution in [0.2, 0.25) is 18.1 Å². The second kappa shape index (κ2) is 10.3. The minimum atomic E-state index is -4.43. The van der Waals surface area contributed by atoms with Gasteiger partial charge in [-0.1, -0.05) is 20.8 Å². The summed E-state index contributed by atoms with van der Waals surface area (Å²) >= 11 is 0. The molecule has 2 aromatic carbocycles. The third-order valence-electron chi connectivity index (χ3n) is 9.96. The van der Waals surface area contributed by atoms with E-state index < -0.39 is 25.5 Å². The molecule has 212 valence electrons. The van der Waals surface area contributed by atoms with Gasteiger partial charge in [-0.15, -0.1) is 0 Å². The first-order chi connectivity index (χ1) is 18.6. The molecular weight excluding hydrogens is 522 g/mol. The number of aryl methyl sites for hydroxylation is 1. The van der Waals surface area contributed by atoms with Crippen LogP contribution in [0.1, 0.15) is 64.0 Å². The molecule has 1 saturated carbocycles. The summed E-state index contributed by atoms with van der Waals surface area (Å²) in [5, 5.41) is 5.47. The number of hydrogen-bond acceptors (Lipinski definition) is 3. The average Bonchev–Trinajstić information content (AvgIpc) is 3.27. The summed E-state index contributed by atoms with van der Waals surface area (Å²) in [7, 11) is -2.52. The first kappa shape index (κ1) is 28.3. The predicted molar refractivity (Wildman–Crippen MR) is 149 cm³/mol. The molecule has 4 nitrogen and oxygen atoms in total. The van der Waals surface area contributed by atoms with Crippen molar-refractivity contribution >= 4 is 19.2 Å². The number of rotatable bonds is 7. The Bertz CT molecular complexity index is 1310. The summed E-state index contributed by atoms with van der Waals surface area (Å²) in [6, 6.07) is 12.5. The summed E-state index contributed by atoms with van der Waals surface area (Å²) in [6.45, 7) is 6.24. The number of fused-ring (bicyclic) bond motifs is 4. The fourth-order valence-electron chi connectivity index (χ4n) is 7.34. The highest BCUT2D eigenvalue weighted by atomic mass is 28.4. The van der Waals surface area contributed by atoms with E-state index in [0.717, 1.165) is 40.6 Å². The van der Waals surface area contributed by atoms with Gasteiger partial charge in [-0.25, -0.2) is 9.07 Å². The number of hydrogen-bond donors (Lipinski definition) is 1. The van der Waals surface area contributed by atoms with E-state index in [2.05, 4.69) is 17.2 Å². The monoisotopic (exact) mass is 561 g/mol. The lowest BCUT2D eigenvalue weighted by molar-refractivity contribution is -0.271. The zero-order chi connectivity index (χ0) is 28.1. The van der Waals surface area contributed by atoms with Gasteiger partial charge in [0.05, 0.1) is 17.4 Å². The third kappa shape index (κ3) is 4.64. The van der Waals surface area contributed by atoms with E-state index in [4.69, 9.17) is 10.2 Å². The van der Waals surface area contributed by atoms with Crippen molar-refractivity contribution in [1.29, 1.82) is 0 Å². The number of nitrogens with two attached hydrogens (primary N) is 1. The zero-order valence-corrected chi connectivity index (χ0v) is 24.1. The number of benzene rings is 2. The van der Waals surface area contributed by atoms with Gasteiger partial charge in [0.2, 0.25) is 0 Å². The van der Waals surface area contributed by atoms with E-state index in [9.17, 15) is 17.6 Å². The Balaban J connectivity index is 1.57. The van der Waals surface area contributed by atoms with Crippen molar-refractivity contribution in [3.05, 3.63) is 59.5 Å². The largest absolute Gasteiger partial charge is 0.416 e. The van der Waals surface area contributed by atoms with Gasteiger partial charge in [-0.3, -0.25) is 0 Å². The summed E-state index contributed by atoms with van der Waals surface area (Å²) < 4.78 is 66.6. The van der Waals surface area contributed by atoms with Crippen molar-refractivity contribution < 1.29 is 22.0 Å². The molecule has 9 heteroatoms. The molecule has 1 fully saturated rings. The van der Waals surface area contributed by atoms with Crippen molar-refractivity contribution in [2.24, 2.45) is 11.7 Å². The third-order valence-corrected chi connectivity index (χ3v) is 14.6. The Hall–Kier alpha value is -2.23. The van der Waals surface area contributed by atoms with Crippen molar-refractivity contribution in [3.63, 3.8) is 0 Å². The van der Waals surface area contributed by atoms with Crippen LogP contribution in [0.25, 0.3) is 16.6 Å². The minimum Gasteiger partial charge on any atom is -0.403 e. The Morgan fingerprint density at radius 3 is 2.38 bits per heavy atom. The molecule has 0 aliphatic heterocycles. The minimum absolute atomic E-state index is 0.0330. The highest BCUT2D eigenvalue weighted by molar-refractivity contribution is 6.73. The maximum atomic E-state index is 14.9. The van der Waals surface area contributed by atoms with E-state index >= 15 is 0 Å². The van der Waals surface area contributed by atoms with Gasteiger partial charge in [-0.2, -0.15) is 18.3 Å². The topological polar surface area (TPSA) is 53.1 Å². The van der Waals surface area contributed by atoms with E-state index in [0.29, 0.717) is 37.5 Å². The molecule has 5 rings (SSSR count). The Morgan fingerprint density at radius 1 is 1.08 bits per heavy atom. The van der Waals surface area contributed by atoms with Crippen LogP contribution in [0.4, 0.5) is 17.6 Å². The lowest BCUT2D eigenvalue weighted by atomic mass is 9.58. The van der Waals surface area contributed by atoms with Crippen LogP contribution in [0.15, 0.2) is 42.6 Å². The molecule has 0 saturated heterocycles. The number of alkyl halides is 3. The van der Waals surface area contributed by atoms with Crippen molar-refractivity contribution in [2.45, 2.75) is 94.6 Å².